The van der Waals surface area contributed by atoms with Crippen LogP contribution in [-0.4, -0.2) is 125 Å². The molecule has 4 atom stereocenters. The predicted octanol–water partition coefficient (Wildman–Crippen LogP) is 5.16. The molecule has 2 amide bonds. The number of carbonyl (C=O) groups excluding carboxylic acids is 2. The number of piperidine rings is 2. The standard InChI is InChI=1S/C40H54F3N5O5S/c1-28(49)47-18-5-9-33(23-47)54(51,52)32-12-13-37(35(42)22-32)48-25-39(43,26-48)24-46-19-14-29(15-20-46)40(27-45-16-6-17-45,30-7-3-8-31(41)21-30)34-10-4-11-36(34)44-38(50)53-2/h3,7-8,12-13,21-22,29,33-34,36H,4-6,9-11,14-20,23-27H2,1-2H3,(H,44,50)/t33-,34-,36-,40-/m0/s1. The van der Waals surface area contributed by atoms with E-state index >= 15 is 8.78 Å². The van der Waals surface area contributed by atoms with Gasteiger partial charge >= 0.3 is 6.09 Å². The Morgan fingerprint density at radius 2 is 1.69 bits per heavy atom. The maximum absolute atomic E-state index is 16.3. The van der Waals surface area contributed by atoms with Crippen LogP contribution >= 0.6 is 0 Å². The number of halogens is 3. The van der Waals surface area contributed by atoms with Crippen molar-refractivity contribution in [3.05, 3.63) is 59.7 Å². The van der Waals surface area contributed by atoms with Crippen molar-refractivity contribution in [1.29, 1.82) is 0 Å². The number of alkyl halides is 1. The van der Waals surface area contributed by atoms with Crippen LogP contribution in [0.15, 0.2) is 47.4 Å². The van der Waals surface area contributed by atoms with Crippen molar-refractivity contribution in [2.45, 2.75) is 85.6 Å². The molecular weight excluding hydrogens is 720 g/mol. The minimum Gasteiger partial charge on any atom is -0.453 e. The van der Waals surface area contributed by atoms with E-state index in [0.717, 1.165) is 69.8 Å². The van der Waals surface area contributed by atoms with Crippen LogP contribution in [0, 0.1) is 23.5 Å². The summed E-state index contributed by atoms with van der Waals surface area (Å²) in [6.45, 7) is 6.29. The summed E-state index contributed by atoms with van der Waals surface area (Å²) in [6, 6.07) is 10.7. The number of hydrogen-bond donors (Lipinski definition) is 1. The van der Waals surface area contributed by atoms with E-state index in [9.17, 15) is 22.4 Å². The minimum atomic E-state index is -3.86. The predicted molar refractivity (Wildman–Crippen MR) is 200 cm³/mol. The Morgan fingerprint density at radius 3 is 2.33 bits per heavy atom. The van der Waals surface area contributed by atoms with Crippen LogP contribution < -0.4 is 10.2 Å². The maximum atomic E-state index is 16.3. The summed E-state index contributed by atoms with van der Waals surface area (Å²) in [6.07, 6.45) is 5.91. The average Bonchev–Trinajstić information content (AvgIpc) is 3.59. The normalized spacial score (nSPS) is 26.4. The summed E-state index contributed by atoms with van der Waals surface area (Å²) in [7, 11) is -2.49. The quantitative estimate of drug-likeness (QED) is 0.335. The van der Waals surface area contributed by atoms with Gasteiger partial charge in [0, 0.05) is 44.6 Å². The highest BCUT2D eigenvalue weighted by Gasteiger charge is 2.54. The van der Waals surface area contributed by atoms with Crippen LogP contribution in [0.3, 0.4) is 0 Å². The summed E-state index contributed by atoms with van der Waals surface area (Å²) in [5, 5.41) is 2.32. The van der Waals surface area contributed by atoms with E-state index in [-0.39, 0.29) is 66.4 Å². The van der Waals surface area contributed by atoms with Crippen molar-refractivity contribution in [2.75, 3.05) is 77.5 Å². The van der Waals surface area contributed by atoms with Gasteiger partial charge in [-0.25, -0.2) is 26.4 Å². The van der Waals surface area contributed by atoms with E-state index in [1.165, 1.54) is 37.1 Å². The second-order valence-corrected chi connectivity index (χ2v) is 18.6. The van der Waals surface area contributed by atoms with E-state index in [4.69, 9.17) is 4.74 Å². The second kappa shape index (κ2) is 15.6. The summed E-state index contributed by atoms with van der Waals surface area (Å²) in [5.74, 6) is -0.907. The van der Waals surface area contributed by atoms with Crippen LogP contribution in [-0.2, 0) is 24.8 Å². The molecule has 296 valence electrons. The zero-order chi connectivity index (χ0) is 38.3. The number of anilines is 1. The Morgan fingerprint density at radius 1 is 0.926 bits per heavy atom. The molecule has 1 saturated carbocycles. The highest BCUT2D eigenvalue weighted by Crippen LogP contribution is 2.52. The first-order valence-corrected chi connectivity index (χ1v) is 21.1. The van der Waals surface area contributed by atoms with Gasteiger partial charge in [-0.2, -0.15) is 0 Å². The Hall–Kier alpha value is -3.36. The van der Waals surface area contributed by atoms with Crippen LogP contribution in [0.25, 0.3) is 0 Å². The number of nitrogens with zero attached hydrogens (tertiary/aromatic N) is 4. The topological polar surface area (TPSA) is 102 Å². The van der Waals surface area contributed by atoms with Crippen molar-refractivity contribution in [2.24, 2.45) is 11.8 Å². The molecule has 0 bridgehead atoms. The van der Waals surface area contributed by atoms with E-state index < -0.39 is 38.1 Å². The third-order valence-electron chi connectivity index (χ3n) is 13.1. The molecule has 4 aliphatic heterocycles. The van der Waals surface area contributed by atoms with Gasteiger partial charge in [0.15, 0.2) is 15.5 Å². The lowest BCUT2D eigenvalue weighted by atomic mass is 9.57. The molecule has 7 rings (SSSR count). The molecule has 54 heavy (non-hydrogen) atoms. The third kappa shape index (κ3) is 7.71. The molecule has 5 aliphatic rings. The lowest BCUT2D eigenvalue weighted by molar-refractivity contribution is -0.129. The SMILES string of the molecule is COC(=O)N[C@H]1CCC[C@@H]1[C@](CN1CCC1)(c1cccc(F)c1)C1CCN(CC2(F)CN(c3ccc(S(=O)(=O)[C@H]4CCCN(C(C)=O)C4)cc3F)C2)CC1. The molecule has 5 fully saturated rings. The van der Waals surface area contributed by atoms with Gasteiger partial charge in [-0.05, 0) is 119 Å². The maximum Gasteiger partial charge on any atom is 0.407 e. The van der Waals surface area contributed by atoms with Crippen LogP contribution in [0.5, 0.6) is 0 Å². The number of likely N-dealkylation sites (tertiary alicyclic amines) is 3. The molecule has 10 nitrogen and oxygen atoms in total. The lowest BCUT2D eigenvalue weighted by Crippen LogP contribution is -2.65. The van der Waals surface area contributed by atoms with Crippen molar-refractivity contribution < 1.29 is 35.9 Å². The van der Waals surface area contributed by atoms with Gasteiger partial charge in [0.25, 0.3) is 0 Å². The molecule has 0 aromatic heterocycles. The molecule has 14 heteroatoms. The molecule has 4 saturated heterocycles. The number of alkyl carbamates (subject to hydrolysis) is 1. The first-order valence-electron chi connectivity index (χ1n) is 19.6. The van der Waals surface area contributed by atoms with Gasteiger partial charge in [-0.1, -0.05) is 18.6 Å². The number of ether oxygens (including phenoxy) is 1. The van der Waals surface area contributed by atoms with Gasteiger partial charge in [0.2, 0.25) is 5.91 Å². The largest absolute Gasteiger partial charge is 0.453 e. The molecule has 1 aliphatic carbocycles. The summed E-state index contributed by atoms with van der Waals surface area (Å²) in [5.41, 5.74) is -0.836. The zero-order valence-corrected chi connectivity index (χ0v) is 32.3. The smallest absolute Gasteiger partial charge is 0.407 e. The number of carbonyl (C=O) groups is 2. The van der Waals surface area contributed by atoms with Crippen molar-refractivity contribution in [3.63, 3.8) is 0 Å². The molecule has 0 spiro atoms. The molecule has 0 radical (unpaired) electrons. The molecular formula is C40H54F3N5O5S. The summed E-state index contributed by atoms with van der Waals surface area (Å²) < 4.78 is 78.4. The molecule has 0 unspecified atom stereocenters. The van der Waals surface area contributed by atoms with E-state index in [1.807, 2.05) is 6.07 Å². The Labute approximate surface area is 317 Å². The van der Waals surface area contributed by atoms with Crippen molar-refractivity contribution in [1.82, 2.24) is 20.0 Å². The summed E-state index contributed by atoms with van der Waals surface area (Å²) >= 11 is 0. The minimum absolute atomic E-state index is 0.00270. The molecule has 2 aromatic carbocycles. The fourth-order valence-electron chi connectivity index (χ4n) is 10.2. The molecule has 2 aromatic rings. The number of amides is 2. The van der Waals surface area contributed by atoms with E-state index in [1.54, 1.807) is 17.0 Å². The van der Waals surface area contributed by atoms with Gasteiger partial charge < -0.3 is 24.8 Å². The zero-order valence-electron chi connectivity index (χ0n) is 31.5. The number of hydrogen-bond acceptors (Lipinski definition) is 8. The van der Waals surface area contributed by atoms with Crippen LogP contribution in [0.4, 0.5) is 23.7 Å². The first kappa shape index (κ1) is 38.9. The average molecular weight is 774 g/mol. The van der Waals surface area contributed by atoms with E-state index in [0.29, 0.717) is 32.5 Å². The third-order valence-corrected chi connectivity index (χ3v) is 15.3. The highest BCUT2D eigenvalue weighted by molar-refractivity contribution is 7.92. The van der Waals surface area contributed by atoms with Crippen LogP contribution in [0.2, 0.25) is 0 Å². The summed E-state index contributed by atoms with van der Waals surface area (Å²) in [4.78, 5) is 32.0. The fraction of sp³-hybridized carbons (Fsp3) is 0.650. The number of nitrogens with one attached hydrogen (secondary N) is 1. The number of rotatable bonds is 11. The number of benzene rings is 2. The highest BCUT2D eigenvalue weighted by atomic mass is 32.2. The van der Waals surface area contributed by atoms with Gasteiger partial charge in [-0.3, -0.25) is 9.69 Å². The van der Waals surface area contributed by atoms with Gasteiger partial charge in [0.1, 0.15) is 11.6 Å². The van der Waals surface area contributed by atoms with Crippen molar-refractivity contribution in [3.8, 4) is 0 Å². The fourth-order valence-corrected chi connectivity index (χ4v) is 12.0. The molecule has 1 N–H and O–H groups in total. The van der Waals surface area contributed by atoms with Gasteiger partial charge in [-0.15, -0.1) is 0 Å². The Bertz CT molecular complexity index is 1800. The first-order chi connectivity index (χ1) is 25.8. The molecule has 4 heterocycles. The van der Waals surface area contributed by atoms with Crippen molar-refractivity contribution >= 4 is 27.5 Å². The number of sulfone groups is 1. The monoisotopic (exact) mass is 773 g/mol. The lowest BCUT2D eigenvalue weighted by Gasteiger charge is -2.54. The Balaban J connectivity index is 1.02. The van der Waals surface area contributed by atoms with E-state index in [2.05, 4.69) is 15.1 Å². The Kier molecular flexibility index (Phi) is 11.3. The van der Waals surface area contributed by atoms with Gasteiger partial charge in [0.05, 0.1) is 36.0 Å². The second-order valence-electron chi connectivity index (χ2n) is 16.4. The number of methoxy groups -OCH3 is 1. The van der Waals surface area contributed by atoms with Crippen LogP contribution in [0.1, 0.15) is 63.9 Å².